The first kappa shape index (κ1) is 17.7. The Balaban J connectivity index is 0.00000289. The van der Waals surface area contributed by atoms with Gasteiger partial charge in [-0.2, -0.15) is 0 Å². The van der Waals surface area contributed by atoms with Crippen LogP contribution < -0.4 is 5.32 Å². The highest BCUT2D eigenvalue weighted by Gasteiger charge is 2.21. The molecule has 0 spiro atoms. The van der Waals surface area contributed by atoms with Crippen molar-refractivity contribution in [3.8, 4) is 0 Å². The molecule has 1 fully saturated rings. The highest BCUT2D eigenvalue weighted by Crippen LogP contribution is 2.16. The number of piperidine rings is 1. The molecule has 5 heteroatoms. The van der Waals surface area contributed by atoms with Gasteiger partial charge in [-0.15, -0.1) is 12.4 Å². The average Bonchev–Trinajstić information content (AvgIpc) is 2.37. The number of hydrogen-bond donors (Lipinski definition) is 1. The van der Waals surface area contributed by atoms with Crippen molar-refractivity contribution < 1.29 is 9.53 Å². The number of likely N-dealkylation sites (tertiary alicyclic amines) is 1. The molecular weight excluding hydrogens is 252 g/mol. The number of carbonyl (C=O) groups is 1. The van der Waals surface area contributed by atoms with E-state index in [9.17, 15) is 4.79 Å². The van der Waals surface area contributed by atoms with E-state index >= 15 is 0 Å². The molecule has 0 aliphatic carbocycles. The van der Waals surface area contributed by atoms with Crippen molar-refractivity contribution in [1.29, 1.82) is 0 Å². The van der Waals surface area contributed by atoms with Crippen LogP contribution in [0.2, 0.25) is 0 Å². The first-order valence-electron chi connectivity index (χ1n) is 6.84. The van der Waals surface area contributed by atoms with Gasteiger partial charge < -0.3 is 15.0 Å². The second-order valence-corrected chi connectivity index (χ2v) is 4.58. The lowest BCUT2D eigenvalue weighted by atomic mass is 9.96. The minimum atomic E-state index is 0. The maximum Gasteiger partial charge on any atom is 0.224 e. The van der Waals surface area contributed by atoms with E-state index in [1.54, 1.807) is 0 Å². The molecule has 0 aromatic heterocycles. The third-order valence-corrected chi connectivity index (χ3v) is 3.31. The molecule has 18 heavy (non-hydrogen) atoms. The molecule has 1 aliphatic rings. The third-order valence-electron chi connectivity index (χ3n) is 3.31. The van der Waals surface area contributed by atoms with Gasteiger partial charge in [0.25, 0.3) is 0 Å². The number of hydrogen-bond acceptors (Lipinski definition) is 3. The van der Waals surface area contributed by atoms with Crippen molar-refractivity contribution in [3.63, 3.8) is 0 Å². The Morgan fingerprint density at radius 3 is 2.56 bits per heavy atom. The van der Waals surface area contributed by atoms with Crippen LogP contribution in [0.25, 0.3) is 0 Å². The fourth-order valence-electron chi connectivity index (χ4n) is 2.20. The second kappa shape index (κ2) is 10.6. The minimum Gasteiger partial charge on any atom is -0.381 e. The molecule has 1 heterocycles. The van der Waals surface area contributed by atoms with Crippen LogP contribution >= 0.6 is 12.4 Å². The van der Waals surface area contributed by atoms with Gasteiger partial charge >= 0.3 is 0 Å². The lowest BCUT2D eigenvalue weighted by Crippen LogP contribution is -2.41. The summed E-state index contributed by atoms with van der Waals surface area (Å²) < 4.78 is 5.21. The minimum absolute atomic E-state index is 0. The summed E-state index contributed by atoms with van der Waals surface area (Å²) >= 11 is 0. The fraction of sp³-hybridized carbons (Fsp3) is 0.923. The Morgan fingerprint density at radius 2 is 2.00 bits per heavy atom. The summed E-state index contributed by atoms with van der Waals surface area (Å²) in [6.45, 7) is 9.31. The predicted molar refractivity (Wildman–Crippen MR) is 76.2 cm³/mol. The SMILES string of the molecule is CCNCC1CCN(C(=O)CCOCC)CC1.Cl. The van der Waals surface area contributed by atoms with E-state index in [4.69, 9.17) is 4.74 Å². The summed E-state index contributed by atoms with van der Waals surface area (Å²) in [5.41, 5.74) is 0. The number of nitrogens with zero attached hydrogens (tertiary/aromatic N) is 1. The molecule has 0 unspecified atom stereocenters. The number of ether oxygens (including phenoxy) is 1. The van der Waals surface area contributed by atoms with Crippen LogP contribution in [0.5, 0.6) is 0 Å². The van der Waals surface area contributed by atoms with Gasteiger partial charge in [0.15, 0.2) is 0 Å². The van der Waals surface area contributed by atoms with Gasteiger partial charge in [-0.3, -0.25) is 4.79 Å². The Bertz CT molecular complexity index is 219. The van der Waals surface area contributed by atoms with Crippen LogP contribution in [-0.2, 0) is 9.53 Å². The highest BCUT2D eigenvalue weighted by atomic mass is 35.5. The maximum absolute atomic E-state index is 11.8. The first-order chi connectivity index (χ1) is 8.27. The van der Waals surface area contributed by atoms with Crippen LogP contribution in [0, 0.1) is 5.92 Å². The van der Waals surface area contributed by atoms with Gasteiger partial charge in [0.05, 0.1) is 13.0 Å². The van der Waals surface area contributed by atoms with Crippen LogP contribution in [0.15, 0.2) is 0 Å². The third kappa shape index (κ3) is 6.57. The molecule has 1 N–H and O–H groups in total. The molecule has 0 saturated carbocycles. The summed E-state index contributed by atoms with van der Waals surface area (Å²) in [4.78, 5) is 13.8. The molecular formula is C13H27ClN2O2. The van der Waals surface area contributed by atoms with Crippen LogP contribution in [-0.4, -0.2) is 50.2 Å². The molecule has 0 aromatic carbocycles. The zero-order chi connectivity index (χ0) is 12.5. The van der Waals surface area contributed by atoms with Crippen molar-refractivity contribution in [1.82, 2.24) is 10.2 Å². The van der Waals surface area contributed by atoms with Crippen LogP contribution in [0.4, 0.5) is 0 Å². The maximum atomic E-state index is 11.8. The molecule has 0 atom stereocenters. The fourth-order valence-corrected chi connectivity index (χ4v) is 2.20. The number of carbonyl (C=O) groups excluding carboxylic acids is 1. The quantitative estimate of drug-likeness (QED) is 0.721. The van der Waals surface area contributed by atoms with Crippen molar-refractivity contribution in [3.05, 3.63) is 0 Å². The summed E-state index contributed by atoms with van der Waals surface area (Å²) in [5.74, 6) is 0.992. The smallest absolute Gasteiger partial charge is 0.224 e. The summed E-state index contributed by atoms with van der Waals surface area (Å²) in [5, 5.41) is 3.38. The van der Waals surface area contributed by atoms with Crippen LogP contribution in [0.1, 0.15) is 33.1 Å². The van der Waals surface area contributed by atoms with Gasteiger partial charge in [0.2, 0.25) is 5.91 Å². The van der Waals surface area contributed by atoms with E-state index < -0.39 is 0 Å². The molecule has 0 bridgehead atoms. The Kier molecular flexibility index (Phi) is 10.4. The van der Waals surface area contributed by atoms with Crippen molar-refractivity contribution >= 4 is 18.3 Å². The lowest BCUT2D eigenvalue weighted by Gasteiger charge is -2.32. The van der Waals surface area contributed by atoms with Gasteiger partial charge in [0, 0.05) is 19.7 Å². The molecule has 1 aliphatic heterocycles. The van der Waals surface area contributed by atoms with Crippen LogP contribution in [0.3, 0.4) is 0 Å². The van der Waals surface area contributed by atoms with Crippen molar-refractivity contribution in [2.75, 3.05) is 39.4 Å². The van der Waals surface area contributed by atoms with Crippen molar-refractivity contribution in [2.45, 2.75) is 33.1 Å². The van der Waals surface area contributed by atoms with E-state index in [-0.39, 0.29) is 18.3 Å². The van der Waals surface area contributed by atoms with E-state index in [2.05, 4.69) is 12.2 Å². The molecule has 1 rings (SSSR count). The van der Waals surface area contributed by atoms with E-state index in [0.29, 0.717) is 19.6 Å². The normalized spacial score (nSPS) is 16.4. The lowest BCUT2D eigenvalue weighted by molar-refractivity contribution is -0.133. The van der Waals surface area contributed by atoms with Gasteiger partial charge in [0.1, 0.15) is 0 Å². The molecule has 4 nitrogen and oxygen atoms in total. The summed E-state index contributed by atoms with van der Waals surface area (Å²) in [6.07, 6.45) is 2.80. The topological polar surface area (TPSA) is 41.6 Å². The summed E-state index contributed by atoms with van der Waals surface area (Å²) in [6, 6.07) is 0. The Hall–Kier alpha value is -0.320. The molecule has 0 aromatic rings. The molecule has 0 radical (unpaired) electrons. The highest BCUT2D eigenvalue weighted by molar-refractivity contribution is 5.85. The number of rotatable bonds is 7. The molecule has 1 saturated heterocycles. The predicted octanol–water partition coefficient (Wildman–Crippen LogP) is 1.68. The number of nitrogens with one attached hydrogen (secondary N) is 1. The largest absolute Gasteiger partial charge is 0.381 e. The van der Waals surface area contributed by atoms with Gasteiger partial charge in [-0.1, -0.05) is 6.92 Å². The first-order valence-corrected chi connectivity index (χ1v) is 6.84. The standard InChI is InChI=1S/C13H26N2O2.ClH/c1-3-14-11-12-5-8-15(9-6-12)13(16)7-10-17-4-2;/h12,14H,3-11H2,1-2H3;1H. The zero-order valence-corrected chi connectivity index (χ0v) is 12.4. The Labute approximate surface area is 117 Å². The van der Waals surface area contributed by atoms with Gasteiger partial charge in [-0.25, -0.2) is 0 Å². The summed E-state index contributed by atoms with van der Waals surface area (Å²) in [7, 11) is 0. The molecule has 1 amide bonds. The number of halogens is 1. The van der Waals surface area contributed by atoms with E-state index in [1.165, 1.54) is 0 Å². The van der Waals surface area contributed by atoms with Crippen molar-refractivity contribution in [2.24, 2.45) is 5.92 Å². The average molecular weight is 279 g/mol. The zero-order valence-electron chi connectivity index (χ0n) is 11.6. The second-order valence-electron chi connectivity index (χ2n) is 4.58. The van der Waals surface area contributed by atoms with E-state index in [0.717, 1.165) is 44.9 Å². The van der Waals surface area contributed by atoms with E-state index in [1.807, 2.05) is 11.8 Å². The van der Waals surface area contributed by atoms with Gasteiger partial charge in [-0.05, 0) is 38.8 Å². The molecule has 108 valence electrons. The number of amides is 1. The monoisotopic (exact) mass is 278 g/mol. The Morgan fingerprint density at radius 1 is 1.33 bits per heavy atom.